The zero-order valence-electron chi connectivity index (χ0n) is 19.5. The third-order valence-corrected chi connectivity index (χ3v) is 5.52. The molecule has 4 N–H and O–H groups in total. The lowest BCUT2D eigenvalue weighted by Gasteiger charge is -2.31. The molecular formula is C23H35IN8O. The Balaban J connectivity index is 0.00000385. The smallest absolute Gasteiger partial charge is 0.191 e. The Kier molecular flexibility index (Phi) is 11.4. The van der Waals surface area contributed by atoms with Crippen LogP contribution in [0.1, 0.15) is 31.5 Å². The molecule has 180 valence electrons. The van der Waals surface area contributed by atoms with Crippen molar-refractivity contribution in [2.45, 2.75) is 32.7 Å². The van der Waals surface area contributed by atoms with Crippen LogP contribution < -0.4 is 16.4 Å². The first kappa shape index (κ1) is 26.9. The van der Waals surface area contributed by atoms with Crippen LogP contribution in [0.4, 0.5) is 5.82 Å². The molecule has 1 unspecified atom stereocenters. The van der Waals surface area contributed by atoms with Crippen LogP contribution in [0.5, 0.6) is 0 Å². The van der Waals surface area contributed by atoms with E-state index in [4.69, 9.17) is 15.5 Å². The van der Waals surface area contributed by atoms with E-state index >= 15 is 0 Å². The summed E-state index contributed by atoms with van der Waals surface area (Å²) in [5, 5.41) is 20.8. The van der Waals surface area contributed by atoms with Crippen molar-refractivity contribution in [1.82, 2.24) is 25.3 Å². The number of guanidine groups is 1. The number of ether oxygens (including phenoxy) is 1. The molecule has 0 amide bonds. The lowest BCUT2D eigenvalue weighted by molar-refractivity contribution is 0.0220. The number of nitriles is 1. The molecule has 1 aliphatic rings. The maximum absolute atomic E-state index is 9.56. The average Bonchev–Trinajstić information content (AvgIpc) is 3.16. The van der Waals surface area contributed by atoms with E-state index < -0.39 is 0 Å². The Morgan fingerprint density at radius 2 is 2.00 bits per heavy atom. The number of benzene rings is 1. The number of aryl methyl sites for hydroxylation is 1. The highest BCUT2D eigenvalue weighted by atomic mass is 127. The molecule has 0 bridgehead atoms. The number of nitrogen functional groups attached to an aromatic ring is 1. The Bertz CT molecular complexity index is 919. The largest absolute Gasteiger partial charge is 0.382 e. The molecule has 1 saturated heterocycles. The summed E-state index contributed by atoms with van der Waals surface area (Å²) >= 11 is 0. The van der Waals surface area contributed by atoms with E-state index in [1.165, 1.54) is 0 Å². The number of nitrogens with one attached hydrogen (secondary N) is 2. The van der Waals surface area contributed by atoms with Crippen LogP contribution in [0, 0.1) is 11.3 Å². The van der Waals surface area contributed by atoms with Crippen LogP contribution >= 0.6 is 24.0 Å². The van der Waals surface area contributed by atoms with Crippen LogP contribution in [-0.4, -0.2) is 72.6 Å². The topological polar surface area (TPSA) is 117 Å². The SMILES string of the molecule is CCNC(=NCC(C)N1CCOCC1)NCCCc1nn(-c2ccccc2)c(N)c1C#N.I. The van der Waals surface area contributed by atoms with E-state index in [2.05, 4.69) is 40.5 Å². The Labute approximate surface area is 213 Å². The molecule has 3 rings (SSSR count). The third kappa shape index (κ3) is 7.58. The lowest BCUT2D eigenvalue weighted by atomic mass is 10.1. The minimum absolute atomic E-state index is 0. The fourth-order valence-electron chi connectivity index (χ4n) is 3.70. The minimum Gasteiger partial charge on any atom is -0.382 e. The zero-order valence-corrected chi connectivity index (χ0v) is 21.8. The van der Waals surface area contributed by atoms with E-state index in [1.807, 2.05) is 30.3 Å². The van der Waals surface area contributed by atoms with E-state index in [1.54, 1.807) is 4.68 Å². The van der Waals surface area contributed by atoms with Gasteiger partial charge in [-0.25, -0.2) is 4.68 Å². The monoisotopic (exact) mass is 566 g/mol. The van der Waals surface area contributed by atoms with E-state index in [0.717, 1.165) is 69.7 Å². The van der Waals surface area contributed by atoms with Gasteiger partial charge in [0.2, 0.25) is 0 Å². The first-order chi connectivity index (χ1) is 15.6. The molecule has 2 heterocycles. The first-order valence-electron chi connectivity index (χ1n) is 11.3. The minimum atomic E-state index is 0. The number of nitrogens with zero attached hydrogens (tertiary/aromatic N) is 5. The Hall–Kier alpha value is -2.36. The van der Waals surface area contributed by atoms with Crippen molar-refractivity contribution < 1.29 is 4.74 Å². The van der Waals surface area contributed by atoms with Crippen molar-refractivity contribution in [2.24, 2.45) is 4.99 Å². The van der Waals surface area contributed by atoms with Gasteiger partial charge in [0.1, 0.15) is 17.5 Å². The van der Waals surface area contributed by atoms with Gasteiger partial charge in [0.15, 0.2) is 5.96 Å². The van der Waals surface area contributed by atoms with E-state index in [-0.39, 0.29) is 24.0 Å². The molecule has 1 aliphatic heterocycles. The number of rotatable bonds is 9. The second-order valence-electron chi connectivity index (χ2n) is 7.81. The number of anilines is 1. The van der Waals surface area contributed by atoms with Gasteiger partial charge in [-0.15, -0.1) is 24.0 Å². The predicted molar refractivity (Wildman–Crippen MR) is 142 cm³/mol. The molecule has 1 aromatic carbocycles. The van der Waals surface area contributed by atoms with Gasteiger partial charge in [0.05, 0.1) is 31.1 Å². The highest BCUT2D eigenvalue weighted by Gasteiger charge is 2.17. The van der Waals surface area contributed by atoms with Gasteiger partial charge in [0.25, 0.3) is 0 Å². The Morgan fingerprint density at radius 1 is 1.27 bits per heavy atom. The molecule has 0 spiro atoms. The normalized spacial score (nSPS) is 15.4. The molecular weight excluding hydrogens is 531 g/mol. The number of para-hydroxylation sites is 1. The van der Waals surface area contributed by atoms with Crippen LogP contribution in [0.3, 0.4) is 0 Å². The number of morpholine rings is 1. The van der Waals surface area contributed by atoms with Gasteiger partial charge in [-0.3, -0.25) is 9.89 Å². The fraction of sp³-hybridized carbons (Fsp3) is 0.522. The van der Waals surface area contributed by atoms with Crippen molar-refractivity contribution >= 4 is 35.8 Å². The van der Waals surface area contributed by atoms with Crippen molar-refractivity contribution in [2.75, 3.05) is 51.7 Å². The molecule has 1 fully saturated rings. The van der Waals surface area contributed by atoms with Crippen LogP contribution in [0.2, 0.25) is 0 Å². The van der Waals surface area contributed by atoms with Crippen molar-refractivity contribution in [3.63, 3.8) is 0 Å². The van der Waals surface area contributed by atoms with Gasteiger partial charge in [0, 0.05) is 32.2 Å². The maximum atomic E-state index is 9.56. The summed E-state index contributed by atoms with van der Waals surface area (Å²) in [5.41, 5.74) is 8.21. The lowest BCUT2D eigenvalue weighted by Crippen LogP contribution is -2.44. The fourth-order valence-corrected chi connectivity index (χ4v) is 3.70. The summed E-state index contributed by atoms with van der Waals surface area (Å²) < 4.78 is 7.07. The van der Waals surface area contributed by atoms with Crippen LogP contribution in [0.25, 0.3) is 5.69 Å². The molecule has 10 heteroatoms. The summed E-state index contributed by atoms with van der Waals surface area (Å²) in [6.45, 7) is 10.0. The summed E-state index contributed by atoms with van der Waals surface area (Å²) in [5.74, 6) is 1.19. The van der Waals surface area contributed by atoms with Gasteiger partial charge in [-0.2, -0.15) is 10.4 Å². The highest BCUT2D eigenvalue weighted by molar-refractivity contribution is 14.0. The number of hydrogen-bond donors (Lipinski definition) is 3. The van der Waals surface area contributed by atoms with Gasteiger partial charge in [-0.1, -0.05) is 18.2 Å². The zero-order chi connectivity index (χ0) is 22.8. The van der Waals surface area contributed by atoms with Crippen molar-refractivity contribution in [3.05, 3.63) is 41.6 Å². The van der Waals surface area contributed by atoms with Gasteiger partial charge in [-0.05, 0) is 38.8 Å². The van der Waals surface area contributed by atoms with Crippen LogP contribution in [-0.2, 0) is 11.2 Å². The van der Waals surface area contributed by atoms with Gasteiger partial charge >= 0.3 is 0 Å². The Morgan fingerprint density at radius 3 is 2.67 bits per heavy atom. The molecule has 1 atom stereocenters. The summed E-state index contributed by atoms with van der Waals surface area (Å²) in [4.78, 5) is 7.15. The molecule has 0 radical (unpaired) electrons. The summed E-state index contributed by atoms with van der Waals surface area (Å²) in [6.07, 6.45) is 1.47. The van der Waals surface area contributed by atoms with E-state index in [9.17, 15) is 5.26 Å². The molecule has 0 saturated carbocycles. The molecule has 0 aliphatic carbocycles. The number of hydrogen-bond acceptors (Lipinski definition) is 6. The van der Waals surface area contributed by atoms with Crippen molar-refractivity contribution in [3.8, 4) is 11.8 Å². The number of aromatic nitrogens is 2. The average molecular weight is 566 g/mol. The predicted octanol–water partition coefficient (Wildman–Crippen LogP) is 2.15. The summed E-state index contributed by atoms with van der Waals surface area (Å²) in [6, 6.07) is 12.2. The second kappa shape index (κ2) is 14.0. The maximum Gasteiger partial charge on any atom is 0.191 e. The number of aliphatic imine (C=N–C) groups is 1. The standard InChI is InChI=1S/C23H34N8O.HI/c1-3-26-23(28-17-18(2)30-12-14-32-15-13-30)27-11-7-10-21-20(16-24)22(25)31(29-21)19-8-5-4-6-9-19;/h4-6,8-9,18H,3,7,10-15,17,25H2,1-2H3,(H2,26,27,28);1H. The van der Waals surface area contributed by atoms with Crippen LogP contribution in [0.15, 0.2) is 35.3 Å². The summed E-state index contributed by atoms with van der Waals surface area (Å²) in [7, 11) is 0. The van der Waals surface area contributed by atoms with Gasteiger partial charge < -0.3 is 21.1 Å². The first-order valence-corrected chi connectivity index (χ1v) is 11.3. The highest BCUT2D eigenvalue weighted by Crippen LogP contribution is 2.21. The third-order valence-electron chi connectivity index (χ3n) is 5.52. The second-order valence-corrected chi connectivity index (χ2v) is 7.81. The molecule has 33 heavy (non-hydrogen) atoms. The quantitative estimate of drug-likeness (QED) is 0.184. The molecule has 2 aromatic rings. The molecule has 1 aromatic heterocycles. The number of halogens is 1. The molecule has 9 nitrogen and oxygen atoms in total. The van der Waals surface area contributed by atoms with Crippen molar-refractivity contribution in [1.29, 1.82) is 5.26 Å². The number of nitrogens with two attached hydrogens (primary N) is 1. The van der Waals surface area contributed by atoms with E-state index in [0.29, 0.717) is 23.8 Å².